The molecule has 0 saturated heterocycles. The minimum absolute atomic E-state index is 1.04. The summed E-state index contributed by atoms with van der Waals surface area (Å²) in [5.41, 5.74) is 0. The van der Waals surface area contributed by atoms with Crippen molar-refractivity contribution in [2.45, 2.75) is 19.0 Å². The Balaban J connectivity index is 3.37. The first-order chi connectivity index (χ1) is 7.04. The Labute approximate surface area is 95.2 Å². The number of likely N-dealkylation sites (N-methyl/N-ethyl adjacent to an activating group) is 1. The van der Waals surface area contributed by atoms with Gasteiger partial charge in [0.25, 0.3) is 0 Å². The fourth-order valence-electron chi connectivity index (χ4n) is 1.25. The molecule has 0 aromatic rings. The van der Waals surface area contributed by atoms with Crippen molar-refractivity contribution in [2.75, 3.05) is 47.9 Å². The number of hydrogen-bond donors (Lipinski definition) is 1. The minimum Gasteiger partial charge on any atom is -0.398 e. The number of hydrogen-bond acceptors (Lipinski definition) is 4. The molecule has 0 aromatic carbocycles. The first-order valence-electron chi connectivity index (χ1n) is 5.50. The third-order valence-corrected chi connectivity index (χ3v) is 5.57. The lowest BCUT2D eigenvalue weighted by Crippen LogP contribution is -2.37. The molecule has 0 radical (unpaired) electrons. The highest BCUT2D eigenvalue weighted by molar-refractivity contribution is 6.65. The summed E-state index contributed by atoms with van der Waals surface area (Å²) in [5.74, 6) is 0. The van der Waals surface area contributed by atoms with E-state index in [9.17, 15) is 0 Å². The van der Waals surface area contributed by atoms with E-state index in [0.29, 0.717) is 0 Å². The van der Waals surface area contributed by atoms with Gasteiger partial charge < -0.3 is 19.1 Å². The van der Waals surface area contributed by atoms with Crippen molar-refractivity contribution in [3.05, 3.63) is 0 Å². The van der Waals surface area contributed by atoms with Crippen LogP contribution in [0, 0.1) is 0 Å². The molecule has 0 aliphatic heterocycles. The van der Waals surface area contributed by atoms with Crippen LogP contribution in [0.2, 0.25) is 12.6 Å². The van der Waals surface area contributed by atoms with Gasteiger partial charge in [-0.1, -0.05) is 0 Å². The molecule has 0 saturated carbocycles. The summed E-state index contributed by atoms with van der Waals surface area (Å²) in [5, 5.41) is 3.41. The monoisotopic (exact) mass is 234 g/mol. The smallest absolute Gasteiger partial charge is 0.334 e. The van der Waals surface area contributed by atoms with Gasteiger partial charge in [-0.3, -0.25) is 0 Å². The topological polar surface area (TPSA) is 33.7 Å². The average molecular weight is 234 g/mol. The number of rotatable bonds is 9. The summed E-state index contributed by atoms with van der Waals surface area (Å²) < 4.78 is 10.8. The molecular weight excluding hydrogens is 208 g/mol. The van der Waals surface area contributed by atoms with Gasteiger partial charge in [-0.25, -0.2) is 0 Å². The molecule has 5 heteroatoms. The van der Waals surface area contributed by atoms with Crippen molar-refractivity contribution < 1.29 is 8.85 Å². The zero-order valence-corrected chi connectivity index (χ0v) is 11.8. The zero-order chi connectivity index (χ0) is 11.7. The second-order valence-electron chi connectivity index (χ2n) is 4.20. The highest BCUT2D eigenvalue weighted by Crippen LogP contribution is 2.12. The lowest BCUT2D eigenvalue weighted by Gasteiger charge is -2.22. The number of nitrogens with zero attached hydrogens (tertiary/aromatic N) is 1. The van der Waals surface area contributed by atoms with E-state index in [-0.39, 0.29) is 0 Å². The Bertz CT molecular complexity index is 152. The molecule has 0 rings (SSSR count). The second-order valence-corrected chi connectivity index (χ2v) is 7.78. The Morgan fingerprint density at radius 2 is 1.73 bits per heavy atom. The average Bonchev–Trinajstić information content (AvgIpc) is 2.22. The Morgan fingerprint density at radius 1 is 1.13 bits per heavy atom. The maximum atomic E-state index is 5.41. The van der Waals surface area contributed by atoms with Gasteiger partial charge in [0.1, 0.15) is 0 Å². The molecule has 0 bridgehead atoms. The summed E-state index contributed by atoms with van der Waals surface area (Å²) >= 11 is 0. The van der Waals surface area contributed by atoms with Gasteiger partial charge in [0.05, 0.1) is 0 Å². The largest absolute Gasteiger partial charge is 0.398 e. The SMILES string of the molecule is CO[Si](C)(CCCNCCN(C)C)OC. The predicted molar refractivity (Wildman–Crippen MR) is 66.5 cm³/mol. The first kappa shape index (κ1) is 15.1. The van der Waals surface area contributed by atoms with E-state index in [1.807, 2.05) is 0 Å². The molecule has 1 N–H and O–H groups in total. The van der Waals surface area contributed by atoms with Crippen LogP contribution in [0.25, 0.3) is 0 Å². The molecule has 0 aromatic heterocycles. The van der Waals surface area contributed by atoms with Crippen LogP contribution >= 0.6 is 0 Å². The molecule has 0 spiro atoms. The molecule has 0 aliphatic rings. The van der Waals surface area contributed by atoms with E-state index in [1.54, 1.807) is 14.2 Å². The molecule has 15 heavy (non-hydrogen) atoms. The van der Waals surface area contributed by atoms with Gasteiger partial charge in [0.2, 0.25) is 0 Å². The molecule has 0 fully saturated rings. The molecule has 0 amide bonds. The van der Waals surface area contributed by atoms with Crippen LogP contribution in [-0.2, 0) is 8.85 Å². The zero-order valence-electron chi connectivity index (χ0n) is 10.8. The number of nitrogens with one attached hydrogen (secondary N) is 1. The lowest BCUT2D eigenvalue weighted by atomic mass is 10.4. The van der Waals surface area contributed by atoms with Crippen molar-refractivity contribution in [3.8, 4) is 0 Å². The van der Waals surface area contributed by atoms with Gasteiger partial charge >= 0.3 is 8.56 Å². The molecule has 92 valence electrons. The van der Waals surface area contributed by atoms with E-state index in [1.165, 1.54) is 0 Å². The fourth-order valence-corrected chi connectivity index (χ4v) is 2.64. The van der Waals surface area contributed by atoms with E-state index in [0.717, 1.165) is 32.1 Å². The molecule has 0 heterocycles. The Hall–Kier alpha value is 0.0569. The van der Waals surface area contributed by atoms with Gasteiger partial charge in [-0.05, 0) is 39.7 Å². The maximum absolute atomic E-state index is 5.41. The molecule has 0 atom stereocenters. The summed E-state index contributed by atoms with van der Waals surface area (Å²) in [6.07, 6.45) is 1.12. The van der Waals surface area contributed by atoms with Crippen LogP contribution < -0.4 is 5.32 Å². The highest BCUT2D eigenvalue weighted by Gasteiger charge is 2.27. The third-order valence-electron chi connectivity index (χ3n) is 2.58. The van der Waals surface area contributed by atoms with Gasteiger partial charge in [0.15, 0.2) is 0 Å². The summed E-state index contributed by atoms with van der Waals surface area (Å²) in [6, 6.07) is 1.05. The maximum Gasteiger partial charge on any atom is 0.334 e. The Kier molecular flexibility index (Phi) is 8.27. The van der Waals surface area contributed by atoms with Gasteiger partial charge in [-0.15, -0.1) is 0 Å². The van der Waals surface area contributed by atoms with Crippen molar-refractivity contribution in [1.82, 2.24) is 10.2 Å². The minimum atomic E-state index is -1.83. The summed E-state index contributed by atoms with van der Waals surface area (Å²) in [6.45, 7) is 5.28. The van der Waals surface area contributed by atoms with Crippen LogP contribution in [0.5, 0.6) is 0 Å². The van der Waals surface area contributed by atoms with Crippen LogP contribution in [0.4, 0.5) is 0 Å². The van der Waals surface area contributed by atoms with E-state index >= 15 is 0 Å². The van der Waals surface area contributed by atoms with Crippen LogP contribution in [0.3, 0.4) is 0 Å². The quantitative estimate of drug-likeness (QED) is 0.475. The van der Waals surface area contributed by atoms with Crippen LogP contribution in [0.15, 0.2) is 0 Å². The predicted octanol–water partition coefficient (Wildman–Crippen LogP) is 0.893. The summed E-state index contributed by atoms with van der Waals surface area (Å²) in [7, 11) is 5.83. The lowest BCUT2D eigenvalue weighted by molar-refractivity contribution is 0.248. The van der Waals surface area contributed by atoms with Crippen molar-refractivity contribution in [2.24, 2.45) is 0 Å². The van der Waals surface area contributed by atoms with Gasteiger partial charge in [0, 0.05) is 27.3 Å². The van der Waals surface area contributed by atoms with E-state index < -0.39 is 8.56 Å². The van der Waals surface area contributed by atoms with E-state index in [4.69, 9.17) is 8.85 Å². The second kappa shape index (κ2) is 8.24. The molecule has 0 aliphatic carbocycles. The van der Waals surface area contributed by atoms with Crippen LogP contribution in [0.1, 0.15) is 6.42 Å². The van der Waals surface area contributed by atoms with Crippen LogP contribution in [-0.4, -0.2) is 61.4 Å². The normalized spacial score (nSPS) is 12.4. The molecule has 4 nitrogen and oxygen atoms in total. The van der Waals surface area contributed by atoms with Crippen molar-refractivity contribution in [3.63, 3.8) is 0 Å². The van der Waals surface area contributed by atoms with Crippen molar-refractivity contribution in [1.29, 1.82) is 0 Å². The Morgan fingerprint density at radius 3 is 2.20 bits per heavy atom. The molecular formula is C10H26N2O2Si. The third kappa shape index (κ3) is 7.93. The van der Waals surface area contributed by atoms with Gasteiger partial charge in [-0.2, -0.15) is 0 Å². The van der Waals surface area contributed by atoms with Crippen molar-refractivity contribution >= 4 is 8.56 Å². The molecule has 0 unspecified atom stereocenters. The standard InChI is InChI=1S/C10H26N2O2Si/c1-12(2)9-8-11-7-6-10-15(5,13-3)14-4/h11H,6-10H2,1-5H3. The fraction of sp³-hybridized carbons (Fsp3) is 1.00. The first-order valence-corrected chi connectivity index (χ1v) is 8.02. The van der Waals surface area contributed by atoms with E-state index in [2.05, 4.69) is 30.9 Å². The highest BCUT2D eigenvalue weighted by atomic mass is 28.4. The summed E-state index contributed by atoms with van der Waals surface area (Å²) in [4.78, 5) is 2.18.